The van der Waals surface area contributed by atoms with E-state index in [1.165, 1.54) is 15.0 Å². The maximum absolute atomic E-state index is 10.7. The van der Waals surface area contributed by atoms with E-state index in [2.05, 4.69) is 23.5 Å². The molecule has 12 nitrogen and oxygen atoms in total. The van der Waals surface area contributed by atoms with E-state index in [1.807, 2.05) is 30.3 Å². The summed E-state index contributed by atoms with van der Waals surface area (Å²) in [7, 11) is 1.62. The van der Waals surface area contributed by atoms with Crippen molar-refractivity contribution in [3.05, 3.63) is 64.5 Å². The van der Waals surface area contributed by atoms with Gasteiger partial charge in [0.1, 0.15) is 54.9 Å². The summed E-state index contributed by atoms with van der Waals surface area (Å²) >= 11 is 1.74. The highest BCUT2D eigenvalue weighted by Gasteiger charge is 2.45. The molecule has 44 heavy (non-hydrogen) atoms. The van der Waals surface area contributed by atoms with Crippen LogP contribution in [0.4, 0.5) is 5.69 Å². The average molecular weight is 638 g/mol. The van der Waals surface area contributed by atoms with Crippen molar-refractivity contribution in [2.24, 2.45) is 0 Å². The number of hydrogen-bond donors (Lipinski definition) is 9. The van der Waals surface area contributed by atoms with Crippen molar-refractivity contribution in [1.29, 1.82) is 0 Å². The fraction of sp³-hybridized carbons (Fsp3) is 0.548. The van der Waals surface area contributed by atoms with E-state index >= 15 is 0 Å². The number of hydrogen-bond acceptors (Lipinski definition) is 13. The molecule has 9 N–H and O–H groups in total. The van der Waals surface area contributed by atoms with E-state index in [-0.39, 0.29) is 6.61 Å². The molecule has 0 spiro atoms. The summed E-state index contributed by atoms with van der Waals surface area (Å²) in [6.07, 6.45) is -10.2. The largest absolute Gasteiger partial charge is 0.394 e. The Morgan fingerprint density at radius 3 is 2.11 bits per heavy atom. The van der Waals surface area contributed by atoms with Crippen molar-refractivity contribution in [1.82, 2.24) is 0 Å². The van der Waals surface area contributed by atoms with Crippen LogP contribution < -0.4 is 5.32 Å². The van der Waals surface area contributed by atoms with Crippen molar-refractivity contribution < 1.29 is 55.1 Å². The summed E-state index contributed by atoms with van der Waals surface area (Å²) in [5, 5.41) is 81.6. The third kappa shape index (κ3) is 7.94. The molecule has 2 aromatic carbocycles. The highest BCUT2D eigenvalue weighted by atomic mass is 32.1. The molecule has 0 radical (unpaired) electrons. The number of thiophene rings is 1. The second-order valence-electron chi connectivity index (χ2n) is 11.1. The predicted molar refractivity (Wildman–Crippen MR) is 164 cm³/mol. The quantitative estimate of drug-likeness (QED) is 0.142. The van der Waals surface area contributed by atoms with Gasteiger partial charge in [0.2, 0.25) is 0 Å². The molecule has 3 heterocycles. The molecule has 0 aliphatic carbocycles. The maximum Gasteiger partial charge on any atom is 0.114 e. The van der Waals surface area contributed by atoms with Crippen LogP contribution in [0.2, 0.25) is 0 Å². The fourth-order valence-corrected chi connectivity index (χ4v) is 6.48. The van der Waals surface area contributed by atoms with Gasteiger partial charge in [-0.15, -0.1) is 11.3 Å². The summed E-state index contributed by atoms with van der Waals surface area (Å²) in [5.74, 6) is 0. The minimum absolute atomic E-state index is 0.366. The van der Waals surface area contributed by atoms with Gasteiger partial charge in [0.15, 0.2) is 0 Å². The summed E-state index contributed by atoms with van der Waals surface area (Å²) in [6, 6.07) is 16.3. The lowest BCUT2D eigenvalue weighted by Crippen LogP contribution is -2.57. The summed E-state index contributed by atoms with van der Waals surface area (Å²) in [6.45, 7) is 1.79. The van der Waals surface area contributed by atoms with Gasteiger partial charge in [-0.2, -0.15) is 0 Å². The van der Waals surface area contributed by atoms with E-state index in [1.54, 1.807) is 25.4 Å². The Morgan fingerprint density at radius 2 is 1.45 bits per heavy atom. The Hall–Kier alpha value is -2.24. The first-order valence-corrected chi connectivity index (χ1v) is 15.3. The number of aliphatic hydroxyl groups is 8. The van der Waals surface area contributed by atoms with Gasteiger partial charge in [-0.25, -0.2) is 0 Å². The van der Waals surface area contributed by atoms with Crippen LogP contribution in [0.3, 0.4) is 0 Å². The molecule has 2 saturated heterocycles. The van der Waals surface area contributed by atoms with Crippen LogP contribution in [0.15, 0.2) is 48.5 Å². The van der Waals surface area contributed by atoms with Gasteiger partial charge in [0.05, 0.1) is 25.9 Å². The molecule has 0 unspecified atom stereocenters. The SMILES string of the molecule is COCCNc1ccc(Cc2cc3ccccc3s2)cc1[C@@H]1O[C@H](CO)[C@@H](O)[C@H](O)[C@H]1O.C[C@@H]1O[C@H](CO)[C@@H](O)[C@H](O)[C@H]1O. The molecule has 0 bridgehead atoms. The zero-order valence-corrected chi connectivity index (χ0v) is 25.5. The Kier molecular flexibility index (Phi) is 12.5. The van der Waals surface area contributed by atoms with Crippen molar-refractivity contribution in [2.75, 3.05) is 38.8 Å². The maximum atomic E-state index is 10.7. The van der Waals surface area contributed by atoms with E-state index in [9.17, 15) is 35.7 Å². The number of nitrogens with one attached hydrogen (secondary N) is 1. The molecule has 0 saturated carbocycles. The molecule has 0 amide bonds. The number of aliphatic hydroxyl groups excluding tert-OH is 8. The Balaban J connectivity index is 0.000000309. The number of methoxy groups -OCH3 is 1. The zero-order valence-electron chi connectivity index (χ0n) is 24.6. The number of rotatable bonds is 9. The minimum Gasteiger partial charge on any atom is -0.394 e. The number of ether oxygens (including phenoxy) is 3. The van der Waals surface area contributed by atoms with Crippen molar-refractivity contribution >= 4 is 27.1 Å². The molecule has 10 atom stereocenters. The standard InChI is InChI=1S/C24H29NO6S.C7H14O5/c1-30-9-8-25-18-7-6-14(10-16-12-15-4-2-3-5-20(15)32-16)11-17(18)24-23(29)22(28)21(27)19(13-26)31-24;1-3-5(9)7(11)6(10)4(2-8)12-3/h2-7,11-12,19,21-29H,8-10,13H2,1H3;3-11H,2H2,1H3/t19-,21-,22+,23-,24+;3-,4+,5-,6+,7+/m10/s1. The zero-order chi connectivity index (χ0) is 32.0. The van der Waals surface area contributed by atoms with Crippen molar-refractivity contribution in [3.63, 3.8) is 0 Å². The van der Waals surface area contributed by atoms with Gasteiger partial charge < -0.3 is 60.4 Å². The van der Waals surface area contributed by atoms with E-state index in [4.69, 9.17) is 19.3 Å². The normalized spacial score (nSPS) is 32.2. The van der Waals surface area contributed by atoms with E-state index in [0.717, 1.165) is 11.3 Å². The van der Waals surface area contributed by atoms with Crippen LogP contribution in [0.5, 0.6) is 0 Å². The number of fused-ring (bicyclic) bond motifs is 1. The lowest BCUT2D eigenvalue weighted by molar-refractivity contribution is -0.231. The molecule has 2 aliphatic rings. The smallest absolute Gasteiger partial charge is 0.114 e. The Bertz CT molecular complexity index is 1290. The van der Waals surface area contributed by atoms with Crippen LogP contribution >= 0.6 is 11.3 Å². The minimum atomic E-state index is -1.43. The first-order chi connectivity index (χ1) is 21.1. The second kappa shape index (κ2) is 15.9. The summed E-state index contributed by atoms with van der Waals surface area (Å²) < 4.78 is 17.2. The van der Waals surface area contributed by atoms with Crippen LogP contribution in [-0.2, 0) is 20.6 Å². The topological polar surface area (TPSA) is 202 Å². The van der Waals surface area contributed by atoms with Crippen LogP contribution in [0, 0.1) is 0 Å². The molecule has 244 valence electrons. The molecule has 5 rings (SSSR count). The highest BCUT2D eigenvalue weighted by Crippen LogP contribution is 2.37. The number of benzene rings is 2. The van der Waals surface area contributed by atoms with Crippen LogP contribution in [-0.4, -0.2) is 129 Å². The van der Waals surface area contributed by atoms with Gasteiger partial charge in [-0.05, 0) is 36.1 Å². The van der Waals surface area contributed by atoms with Crippen LogP contribution in [0.25, 0.3) is 10.1 Å². The first-order valence-electron chi connectivity index (χ1n) is 14.5. The summed E-state index contributed by atoms with van der Waals surface area (Å²) in [5.41, 5.74) is 2.43. The van der Waals surface area contributed by atoms with Gasteiger partial charge in [-0.1, -0.05) is 30.3 Å². The molecular formula is C31H43NO11S. The second-order valence-corrected chi connectivity index (χ2v) is 12.2. The molecule has 2 aliphatic heterocycles. The molecule has 3 aromatic rings. The molecular weight excluding hydrogens is 594 g/mol. The lowest BCUT2D eigenvalue weighted by atomic mass is 9.89. The fourth-order valence-electron chi connectivity index (χ4n) is 5.38. The third-order valence-corrected chi connectivity index (χ3v) is 9.04. The van der Waals surface area contributed by atoms with Gasteiger partial charge >= 0.3 is 0 Å². The van der Waals surface area contributed by atoms with E-state index < -0.39 is 67.6 Å². The van der Waals surface area contributed by atoms with Gasteiger partial charge in [-0.3, -0.25) is 0 Å². The van der Waals surface area contributed by atoms with Crippen molar-refractivity contribution in [3.8, 4) is 0 Å². The monoisotopic (exact) mass is 637 g/mol. The van der Waals surface area contributed by atoms with Gasteiger partial charge in [0.25, 0.3) is 0 Å². The van der Waals surface area contributed by atoms with Gasteiger partial charge in [0, 0.05) is 40.9 Å². The summed E-state index contributed by atoms with van der Waals surface area (Å²) in [4.78, 5) is 1.21. The molecule has 1 aromatic heterocycles. The third-order valence-electron chi connectivity index (χ3n) is 7.92. The van der Waals surface area contributed by atoms with E-state index in [0.29, 0.717) is 25.1 Å². The Labute approximate surface area is 259 Å². The highest BCUT2D eigenvalue weighted by molar-refractivity contribution is 7.19. The van der Waals surface area contributed by atoms with Crippen LogP contribution in [0.1, 0.15) is 29.0 Å². The average Bonchev–Trinajstić information content (AvgIpc) is 3.44. The molecule has 2 fully saturated rings. The molecule has 13 heteroatoms. The van der Waals surface area contributed by atoms with Crippen molar-refractivity contribution in [2.45, 2.75) is 74.4 Å². The lowest BCUT2D eigenvalue weighted by Gasteiger charge is -2.40. The first kappa shape index (κ1) is 34.6. The number of anilines is 1. The Morgan fingerprint density at radius 1 is 0.795 bits per heavy atom. The predicted octanol–water partition coefficient (Wildman–Crippen LogP) is -0.0860.